The van der Waals surface area contributed by atoms with Gasteiger partial charge in [-0.2, -0.15) is 0 Å². The molecule has 0 aliphatic carbocycles. The van der Waals surface area contributed by atoms with Crippen molar-refractivity contribution in [2.24, 2.45) is 0 Å². The fourth-order valence-corrected chi connectivity index (χ4v) is 5.08. The van der Waals surface area contributed by atoms with Crippen molar-refractivity contribution in [1.29, 1.82) is 0 Å². The molecule has 5 heteroatoms. The van der Waals surface area contributed by atoms with Crippen molar-refractivity contribution in [1.82, 2.24) is 10.6 Å². The molecule has 0 aliphatic rings. The molecule has 1 amide bonds. The van der Waals surface area contributed by atoms with E-state index in [0.717, 1.165) is 56.1 Å². The van der Waals surface area contributed by atoms with Gasteiger partial charge in [0.15, 0.2) is 5.78 Å². The fraction of sp³-hybridized carbons (Fsp3) is 0.375. The lowest BCUT2D eigenvalue weighted by molar-refractivity contribution is -0.117. The van der Waals surface area contributed by atoms with Crippen LogP contribution in [0, 0.1) is 0 Å². The lowest BCUT2D eigenvalue weighted by Gasteiger charge is -2.18. The number of rotatable bonds is 15. The number of nitrogens with one attached hydrogen (secondary N) is 2. The molecule has 0 saturated carbocycles. The Hall–Kier alpha value is -2.76. The van der Waals surface area contributed by atoms with Gasteiger partial charge in [0.25, 0.3) is 0 Å². The van der Waals surface area contributed by atoms with Crippen molar-refractivity contribution in [2.75, 3.05) is 13.1 Å². The number of amides is 1. The molecule has 2 N–H and O–H groups in total. The van der Waals surface area contributed by atoms with E-state index < -0.39 is 0 Å². The van der Waals surface area contributed by atoms with Gasteiger partial charge < -0.3 is 10.6 Å². The Labute approximate surface area is 229 Å². The van der Waals surface area contributed by atoms with Gasteiger partial charge in [-0.05, 0) is 96.5 Å². The molecule has 0 bridgehead atoms. The average molecular weight is 564 g/mol. The summed E-state index contributed by atoms with van der Waals surface area (Å²) in [6, 6.07) is 15.3. The second-order valence-corrected chi connectivity index (χ2v) is 10.8. The van der Waals surface area contributed by atoms with E-state index in [1.54, 1.807) is 13.8 Å². The van der Waals surface area contributed by atoms with E-state index in [0.29, 0.717) is 24.1 Å². The highest BCUT2D eigenvalue weighted by Gasteiger charge is 2.14. The van der Waals surface area contributed by atoms with Gasteiger partial charge in [-0.25, -0.2) is 0 Å². The Morgan fingerprint density at radius 3 is 2.16 bits per heavy atom. The predicted molar refractivity (Wildman–Crippen MR) is 160 cm³/mol. The van der Waals surface area contributed by atoms with Crippen LogP contribution in [-0.2, 0) is 22.6 Å². The number of ketones is 1. The molecule has 3 aromatic rings. The van der Waals surface area contributed by atoms with E-state index in [4.69, 9.17) is 0 Å². The Morgan fingerprint density at radius 2 is 1.46 bits per heavy atom. The van der Waals surface area contributed by atoms with Crippen LogP contribution in [0.4, 0.5) is 0 Å². The zero-order valence-electron chi connectivity index (χ0n) is 22.2. The second-order valence-electron chi connectivity index (χ2n) is 9.88. The van der Waals surface area contributed by atoms with Crippen molar-refractivity contribution in [2.45, 2.75) is 65.3 Å². The predicted octanol–water partition coefficient (Wildman–Crippen LogP) is 7.57. The molecule has 0 aromatic heterocycles. The van der Waals surface area contributed by atoms with Crippen LogP contribution in [0.1, 0.15) is 63.5 Å². The van der Waals surface area contributed by atoms with Gasteiger partial charge >= 0.3 is 0 Å². The van der Waals surface area contributed by atoms with E-state index in [2.05, 4.69) is 82.2 Å². The van der Waals surface area contributed by atoms with Crippen LogP contribution in [0.3, 0.4) is 0 Å². The number of hydrogen-bond donors (Lipinski definition) is 2. The highest BCUT2D eigenvalue weighted by molar-refractivity contribution is 9.10. The molecule has 0 unspecified atom stereocenters. The molecular weight excluding hydrogens is 524 g/mol. The molecule has 0 radical (unpaired) electrons. The van der Waals surface area contributed by atoms with Crippen LogP contribution < -0.4 is 10.6 Å². The highest BCUT2D eigenvalue weighted by atomic mass is 79.9. The topological polar surface area (TPSA) is 58.2 Å². The molecule has 3 aromatic carbocycles. The van der Waals surface area contributed by atoms with Gasteiger partial charge in [-0.15, -0.1) is 0 Å². The first-order valence-corrected chi connectivity index (χ1v) is 14.0. The Kier molecular flexibility index (Phi) is 11.1. The van der Waals surface area contributed by atoms with E-state index >= 15 is 0 Å². The summed E-state index contributed by atoms with van der Waals surface area (Å²) in [7, 11) is 0. The maximum atomic E-state index is 11.8. The van der Waals surface area contributed by atoms with Crippen LogP contribution in [0.15, 0.2) is 71.2 Å². The number of Topliss-reactive ketones (excluding diaryl/α,β-unsaturated/α-hetero) is 1. The molecule has 37 heavy (non-hydrogen) atoms. The van der Waals surface area contributed by atoms with E-state index in [9.17, 15) is 9.59 Å². The maximum Gasteiger partial charge on any atom is 0.246 e. The average Bonchev–Trinajstić information content (AvgIpc) is 2.88. The number of fused-ring (bicyclic) bond motifs is 2. The zero-order chi connectivity index (χ0) is 26.8. The number of carbonyl (C=O) groups excluding carboxylic acids is 2. The number of carbonyl (C=O) groups is 2. The second kappa shape index (κ2) is 14.3. The smallest absolute Gasteiger partial charge is 0.246 e. The van der Waals surface area contributed by atoms with Crippen LogP contribution in [0.2, 0.25) is 0 Å². The van der Waals surface area contributed by atoms with Crippen molar-refractivity contribution in [3.63, 3.8) is 0 Å². The molecule has 0 spiro atoms. The first-order chi connectivity index (χ1) is 17.8. The van der Waals surface area contributed by atoms with Gasteiger partial charge in [0, 0.05) is 29.6 Å². The Bertz CT molecular complexity index is 1290. The zero-order valence-corrected chi connectivity index (χ0v) is 23.8. The van der Waals surface area contributed by atoms with Gasteiger partial charge in [-0.1, -0.05) is 72.3 Å². The number of benzene rings is 3. The molecule has 4 nitrogen and oxygen atoms in total. The van der Waals surface area contributed by atoms with E-state index in [-0.39, 0.29) is 11.7 Å². The molecule has 0 heterocycles. The number of unbranched alkanes of at least 4 members (excludes halogenated alkanes) is 3. The summed E-state index contributed by atoms with van der Waals surface area (Å²) in [4.78, 5) is 23.5. The third-order valence-corrected chi connectivity index (χ3v) is 7.26. The van der Waals surface area contributed by atoms with Gasteiger partial charge in [0.05, 0.1) is 0 Å². The molecule has 196 valence electrons. The standard InChI is InChI=1S/C32H39BrN2O2/c1-22(2)31(36)15-8-6-5-7-12-26-25-13-9-10-14-27(25)30(29-20-24(33)16-17-28(26)29)21-34-18-11-19-35-32(37)23(3)4/h9-10,13-14,16-17,20,34H,1,3,5-8,11-12,15,18-19,21H2,2,4H3,(H,35,37). The highest BCUT2D eigenvalue weighted by Crippen LogP contribution is 2.35. The number of aryl methyl sites for hydroxylation is 1. The lowest BCUT2D eigenvalue weighted by Crippen LogP contribution is -2.27. The summed E-state index contributed by atoms with van der Waals surface area (Å²) in [5, 5.41) is 11.7. The van der Waals surface area contributed by atoms with Gasteiger partial charge in [0.1, 0.15) is 0 Å². The van der Waals surface area contributed by atoms with Crippen molar-refractivity contribution < 1.29 is 9.59 Å². The minimum Gasteiger partial charge on any atom is -0.352 e. The Morgan fingerprint density at radius 1 is 0.784 bits per heavy atom. The SMILES string of the molecule is C=C(C)C(=O)CCCCCCc1c2ccccc2c(CNCCCNC(=O)C(=C)C)c2cc(Br)ccc12. The normalized spacial score (nSPS) is 11.1. The summed E-state index contributed by atoms with van der Waals surface area (Å²) in [5.74, 6) is 0.0983. The first-order valence-electron chi connectivity index (χ1n) is 13.2. The largest absolute Gasteiger partial charge is 0.352 e. The van der Waals surface area contributed by atoms with Crippen LogP contribution in [0.25, 0.3) is 21.5 Å². The van der Waals surface area contributed by atoms with Gasteiger partial charge in [-0.3, -0.25) is 9.59 Å². The summed E-state index contributed by atoms with van der Waals surface area (Å²) < 4.78 is 1.08. The third-order valence-electron chi connectivity index (χ3n) is 6.77. The molecule has 3 rings (SSSR count). The van der Waals surface area contributed by atoms with Crippen LogP contribution in [-0.4, -0.2) is 24.8 Å². The number of hydrogen-bond acceptors (Lipinski definition) is 3. The van der Waals surface area contributed by atoms with Crippen LogP contribution in [0.5, 0.6) is 0 Å². The Balaban J connectivity index is 1.72. The monoisotopic (exact) mass is 562 g/mol. The quantitative estimate of drug-likeness (QED) is 0.114. The minimum absolute atomic E-state index is 0.0854. The van der Waals surface area contributed by atoms with Crippen molar-refractivity contribution in [3.8, 4) is 0 Å². The van der Waals surface area contributed by atoms with Gasteiger partial charge in [0.2, 0.25) is 5.91 Å². The molecule has 0 saturated heterocycles. The van der Waals surface area contributed by atoms with Crippen LogP contribution >= 0.6 is 15.9 Å². The van der Waals surface area contributed by atoms with E-state index in [1.807, 2.05) is 0 Å². The van der Waals surface area contributed by atoms with Crippen molar-refractivity contribution in [3.05, 3.63) is 82.4 Å². The molecular formula is C32H39BrN2O2. The summed E-state index contributed by atoms with van der Waals surface area (Å²) in [5.41, 5.74) is 3.91. The van der Waals surface area contributed by atoms with Crippen molar-refractivity contribution >= 4 is 49.2 Å². The number of allylic oxidation sites excluding steroid dienone is 1. The summed E-state index contributed by atoms with van der Waals surface area (Å²) in [6.07, 6.45) is 6.69. The molecule has 0 atom stereocenters. The lowest BCUT2D eigenvalue weighted by atomic mass is 9.89. The first kappa shape index (κ1) is 28.8. The number of halogens is 1. The molecule has 0 aliphatic heterocycles. The summed E-state index contributed by atoms with van der Waals surface area (Å²) in [6.45, 7) is 13.2. The molecule has 0 fully saturated rings. The minimum atomic E-state index is -0.0854. The van der Waals surface area contributed by atoms with E-state index in [1.165, 1.54) is 32.7 Å². The third kappa shape index (κ3) is 8.11. The maximum absolute atomic E-state index is 11.8. The fourth-order valence-electron chi connectivity index (χ4n) is 4.72. The summed E-state index contributed by atoms with van der Waals surface area (Å²) >= 11 is 3.68.